The molecule has 0 unspecified atom stereocenters. The zero-order chi connectivity index (χ0) is 12.2. The average molecular weight is 234 g/mol. The van der Waals surface area contributed by atoms with Crippen molar-refractivity contribution in [3.8, 4) is 0 Å². The standard InChI is InChI=1S/C16H14N2/c1-2-5-13(6-3-1)7-4-8-14-11-18-16-12-17-10-9-15(14)16/h1-7,9-12,18H,8H2/b7-4+. The van der Waals surface area contributed by atoms with E-state index in [9.17, 15) is 0 Å². The second-order valence-corrected chi connectivity index (χ2v) is 4.25. The lowest BCUT2D eigenvalue weighted by atomic mass is 10.1. The number of hydrogen-bond donors (Lipinski definition) is 1. The summed E-state index contributed by atoms with van der Waals surface area (Å²) in [5, 5.41) is 1.25. The zero-order valence-corrected chi connectivity index (χ0v) is 10.0. The van der Waals surface area contributed by atoms with E-state index in [1.165, 1.54) is 16.5 Å². The molecule has 2 nitrogen and oxygen atoms in total. The third kappa shape index (κ3) is 2.18. The molecule has 0 aliphatic heterocycles. The minimum absolute atomic E-state index is 0.929. The largest absolute Gasteiger partial charge is 0.360 e. The van der Waals surface area contributed by atoms with E-state index in [0.29, 0.717) is 0 Å². The molecule has 1 N–H and O–H groups in total. The van der Waals surface area contributed by atoms with Crippen molar-refractivity contribution in [3.63, 3.8) is 0 Å². The number of nitrogens with one attached hydrogen (secondary N) is 1. The van der Waals surface area contributed by atoms with Crippen LogP contribution in [0.3, 0.4) is 0 Å². The van der Waals surface area contributed by atoms with E-state index < -0.39 is 0 Å². The molecule has 0 fully saturated rings. The molecule has 1 aromatic carbocycles. The highest BCUT2D eigenvalue weighted by Crippen LogP contribution is 2.17. The van der Waals surface area contributed by atoms with Crippen molar-refractivity contribution in [2.75, 3.05) is 0 Å². The summed E-state index contributed by atoms with van der Waals surface area (Å²) in [6, 6.07) is 12.4. The molecule has 88 valence electrons. The van der Waals surface area contributed by atoms with E-state index in [0.717, 1.165) is 11.9 Å². The van der Waals surface area contributed by atoms with Gasteiger partial charge in [0, 0.05) is 17.8 Å². The Labute approximate surface area is 106 Å². The Balaban J connectivity index is 1.79. The summed E-state index contributed by atoms with van der Waals surface area (Å²) >= 11 is 0. The number of allylic oxidation sites excluding steroid dienone is 1. The number of pyridine rings is 1. The fourth-order valence-corrected chi connectivity index (χ4v) is 2.09. The summed E-state index contributed by atoms with van der Waals surface area (Å²) in [5.74, 6) is 0. The highest BCUT2D eigenvalue weighted by atomic mass is 14.7. The second kappa shape index (κ2) is 4.88. The van der Waals surface area contributed by atoms with Gasteiger partial charge in [-0.3, -0.25) is 4.98 Å². The Morgan fingerprint density at radius 2 is 2.00 bits per heavy atom. The lowest BCUT2D eigenvalue weighted by Crippen LogP contribution is -1.78. The first-order chi connectivity index (χ1) is 8.93. The van der Waals surface area contributed by atoms with E-state index >= 15 is 0 Å². The quantitative estimate of drug-likeness (QED) is 0.733. The van der Waals surface area contributed by atoms with Gasteiger partial charge >= 0.3 is 0 Å². The second-order valence-electron chi connectivity index (χ2n) is 4.25. The lowest BCUT2D eigenvalue weighted by molar-refractivity contribution is 1.29. The molecule has 0 aliphatic carbocycles. The summed E-state index contributed by atoms with van der Waals surface area (Å²) in [4.78, 5) is 7.35. The van der Waals surface area contributed by atoms with E-state index in [4.69, 9.17) is 0 Å². The van der Waals surface area contributed by atoms with E-state index in [1.807, 2.05) is 18.5 Å². The monoisotopic (exact) mass is 234 g/mol. The number of benzene rings is 1. The molecule has 2 aromatic heterocycles. The maximum absolute atomic E-state index is 4.10. The molecule has 3 rings (SSSR count). The number of fused-ring (bicyclic) bond motifs is 1. The molecule has 2 heteroatoms. The molecule has 0 saturated carbocycles. The van der Waals surface area contributed by atoms with E-state index in [1.54, 1.807) is 0 Å². The van der Waals surface area contributed by atoms with Gasteiger partial charge in [-0.2, -0.15) is 0 Å². The molecule has 0 radical (unpaired) electrons. The Hall–Kier alpha value is -2.35. The van der Waals surface area contributed by atoms with Gasteiger partial charge in [-0.05, 0) is 23.6 Å². The molecule has 18 heavy (non-hydrogen) atoms. The van der Waals surface area contributed by atoms with Crippen LogP contribution in [0.1, 0.15) is 11.1 Å². The van der Waals surface area contributed by atoms with Crippen LogP contribution in [-0.4, -0.2) is 9.97 Å². The van der Waals surface area contributed by atoms with Crippen LogP contribution < -0.4 is 0 Å². The van der Waals surface area contributed by atoms with Gasteiger partial charge in [-0.1, -0.05) is 42.5 Å². The molecule has 0 spiro atoms. The molecular formula is C16H14N2. The number of aromatic amines is 1. The van der Waals surface area contributed by atoms with Crippen molar-refractivity contribution < 1.29 is 0 Å². The highest BCUT2D eigenvalue weighted by molar-refractivity contribution is 5.82. The van der Waals surface area contributed by atoms with Crippen LogP contribution in [0.4, 0.5) is 0 Å². The molecule has 3 aromatic rings. The van der Waals surface area contributed by atoms with Gasteiger partial charge in [0.05, 0.1) is 11.7 Å². The normalized spacial score (nSPS) is 11.3. The number of rotatable bonds is 3. The third-order valence-corrected chi connectivity index (χ3v) is 3.02. The Kier molecular flexibility index (Phi) is 2.92. The minimum Gasteiger partial charge on any atom is -0.360 e. The first kappa shape index (κ1) is 10.8. The van der Waals surface area contributed by atoms with Gasteiger partial charge in [0.1, 0.15) is 0 Å². The van der Waals surface area contributed by atoms with Crippen molar-refractivity contribution in [2.24, 2.45) is 0 Å². The third-order valence-electron chi connectivity index (χ3n) is 3.02. The molecule has 0 saturated heterocycles. The summed E-state index contributed by atoms with van der Waals surface area (Å²) in [6.07, 6.45) is 11.0. The van der Waals surface area contributed by atoms with Crippen LogP contribution >= 0.6 is 0 Å². The molecule has 0 amide bonds. The number of nitrogens with zero attached hydrogens (tertiary/aromatic N) is 1. The summed E-state index contributed by atoms with van der Waals surface area (Å²) in [5.41, 5.74) is 3.64. The first-order valence-corrected chi connectivity index (χ1v) is 6.05. The predicted octanol–water partition coefficient (Wildman–Crippen LogP) is 3.82. The van der Waals surface area contributed by atoms with Gasteiger partial charge in [-0.25, -0.2) is 0 Å². The van der Waals surface area contributed by atoms with Crippen molar-refractivity contribution in [3.05, 3.63) is 72.2 Å². The molecular weight excluding hydrogens is 220 g/mol. The van der Waals surface area contributed by atoms with Gasteiger partial charge in [-0.15, -0.1) is 0 Å². The predicted molar refractivity (Wildman–Crippen MR) is 75.3 cm³/mol. The van der Waals surface area contributed by atoms with Gasteiger partial charge < -0.3 is 4.98 Å². The van der Waals surface area contributed by atoms with Crippen molar-refractivity contribution in [1.82, 2.24) is 9.97 Å². The number of aromatic nitrogens is 2. The molecule has 2 heterocycles. The molecule has 0 aliphatic rings. The number of hydrogen-bond acceptors (Lipinski definition) is 1. The van der Waals surface area contributed by atoms with Crippen molar-refractivity contribution in [2.45, 2.75) is 6.42 Å². The van der Waals surface area contributed by atoms with Gasteiger partial charge in [0.25, 0.3) is 0 Å². The van der Waals surface area contributed by atoms with Crippen LogP contribution in [-0.2, 0) is 6.42 Å². The van der Waals surface area contributed by atoms with Crippen LogP contribution in [0.15, 0.2) is 61.1 Å². The SMILES string of the molecule is C(=C\c1ccccc1)/Cc1c[nH]c2cnccc12. The topological polar surface area (TPSA) is 28.7 Å². The summed E-state index contributed by atoms with van der Waals surface area (Å²) in [7, 11) is 0. The van der Waals surface area contributed by atoms with Crippen LogP contribution in [0, 0.1) is 0 Å². The van der Waals surface area contributed by atoms with Crippen molar-refractivity contribution in [1.29, 1.82) is 0 Å². The van der Waals surface area contributed by atoms with Crippen molar-refractivity contribution >= 4 is 17.0 Å². The van der Waals surface area contributed by atoms with Crippen LogP contribution in [0.5, 0.6) is 0 Å². The smallest absolute Gasteiger partial charge is 0.0643 e. The van der Waals surface area contributed by atoms with E-state index in [-0.39, 0.29) is 0 Å². The molecule has 0 atom stereocenters. The summed E-state index contributed by atoms with van der Waals surface area (Å²) < 4.78 is 0. The lowest BCUT2D eigenvalue weighted by Gasteiger charge is -1.94. The fraction of sp³-hybridized carbons (Fsp3) is 0.0625. The Morgan fingerprint density at radius 3 is 2.89 bits per heavy atom. The number of H-pyrrole nitrogens is 1. The zero-order valence-electron chi connectivity index (χ0n) is 10.0. The molecule has 0 bridgehead atoms. The Bertz CT molecular complexity index is 666. The minimum atomic E-state index is 0.929. The first-order valence-electron chi connectivity index (χ1n) is 6.05. The highest BCUT2D eigenvalue weighted by Gasteiger charge is 2.00. The fourth-order valence-electron chi connectivity index (χ4n) is 2.09. The van der Waals surface area contributed by atoms with E-state index in [2.05, 4.69) is 58.6 Å². The maximum atomic E-state index is 4.10. The van der Waals surface area contributed by atoms with Gasteiger partial charge in [0.2, 0.25) is 0 Å². The van der Waals surface area contributed by atoms with Crippen LogP contribution in [0.25, 0.3) is 17.0 Å². The average Bonchev–Trinajstić information content (AvgIpc) is 2.84. The Morgan fingerprint density at radius 1 is 1.11 bits per heavy atom. The maximum Gasteiger partial charge on any atom is 0.0643 e. The summed E-state index contributed by atoms with van der Waals surface area (Å²) in [6.45, 7) is 0. The van der Waals surface area contributed by atoms with Gasteiger partial charge in [0.15, 0.2) is 0 Å². The van der Waals surface area contributed by atoms with Crippen LogP contribution in [0.2, 0.25) is 0 Å².